The number of alkyl halides is 2. The number of esters is 1. The van der Waals surface area contributed by atoms with E-state index in [0.29, 0.717) is 12.3 Å². The van der Waals surface area contributed by atoms with E-state index in [4.69, 9.17) is 14.2 Å². The van der Waals surface area contributed by atoms with Gasteiger partial charge in [-0.2, -0.15) is 0 Å². The lowest BCUT2D eigenvalue weighted by atomic mass is 9.45. The molecule has 240 valence electrons. The molecule has 0 radical (unpaired) electrons. The summed E-state index contributed by atoms with van der Waals surface area (Å²) in [6.45, 7) is 9.47. The molecule has 0 aromatic carbocycles. The molecule has 5 aliphatic rings. The first-order valence-electron chi connectivity index (χ1n) is 15.7. The van der Waals surface area contributed by atoms with Crippen molar-refractivity contribution in [3.8, 4) is 0 Å². The first kappa shape index (κ1) is 32.0. The van der Waals surface area contributed by atoms with E-state index < -0.39 is 76.9 Å². The van der Waals surface area contributed by atoms with Crippen LogP contribution < -0.4 is 0 Å². The molecule has 10 heteroatoms. The quantitative estimate of drug-likeness (QED) is 0.345. The summed E-state index contributed by atoms with van der Waals surface area (Å²) in [7, 11) is 0. The average molecular weight is 611 g/mol. The van der Waals surface area contributed by atoms with Gasteiger partial charge in [-0.15, -0.1) is 0 Å². The molecule has 5 rings (SSSR count). The highest BCUT2D eigenvalue weighted by molar-refractivity contribution is 5.93. The van der Waals surface area contributed by atoms with Gasteiger partial charge in [0.1, 0.15) is 11.9 Å². The SMILES string of the molecule is CC(C)[C@@H]1CC[C@@H](C)C[C@H]1OC(=O)O[C@]1(C(=O)OCF)[C@H](C)C[C@H]2[C@@H]3CC(F)=C4CC(=O)C=C[C@]4(C)[C@@]3(F)[C@@H](O)C[C@@]21C. The summed E-state index contributed by atoms with van der Waals surface area (Å²) in [6.07, 6.45) is 0.930. The van der Waals surface area contributed by atoms with E-state index in [-0.39, 0.29) is 48.9 Å². The smallest absolute Gasteiger partial charge is 0.431 e. The van der Waals surface area contributed by atoms with Crippen molar-refractivity contribution in [2.24, 2.45) is 46.3 Å². The zero-order valence-corrected chi connectivity index (χ0v) is 26.0. The topological polar surface area (TPSA) is 99.1 Å². The number of carbonyl (C=O) groups excluding carboxylic acids is 3. The fourth-order valence-corrected chi connectivity index (χ4v) is 9.88. The molecule has 11 atom stereocenters. The summed E-state index contributed by atoms with van der Waals surface area (Å²) in [5.41, 5.74) is -7.50. The van der Waals surface area contributed by atoms with Crippen LogP contribution in [0.25, 0.3) is 0 Å². The molecule has 3 fully saturated rings. The maximum atomic E-state index is 17.6. The predicted octanol–water partition coefficient (Wildman–Crippen LogP) is 6.72. The molecule has 0 aromatic rings. The zero-order valence-electron chi connectivity index (χ0n) is 26.0. The maximum Gasteiger partial charge on any atom is 0.509 e. The third kappa shape index (κ3) is 4.51. The summed E-state index contributed by atoms with van der Waals surface area (Å²) in [5, 5.41) is 11.6. The molecule has 7 nitrogen and oxygen atoms in total. The molecule has 1 N–H and O–H groups in total. The number of ketones is 1. The molecule has 0 spiro atoms. The molecule has 0 aliphatic heterocycles. The van der Waals surface area contributed by atoms with Gasteiger partial charge in [0.2, 0.25) is 12.5 Å². The lowest BCUT2D eigenvalue weighted by Crippen LogP contribution is -2.70. The van der Waals surface area contributed by atoms with Crippen LogP contribution in [0.1, 0.15) is 86.5 Å². The molecule has 5 aliphatic carbocycles. The minimum absolute atomic E-state index is 0.0248. The summed E-state index contributed by atoms with van der Waals surface area (Å²) in [5.74, 6) is -4.13. The van der Waals surface area contributed by atoms with Crippen molar-refractivity contribution >= 4 is 17.9 Å². The number of hydrogen-bond donors (Lipinski definition) is 1. The molecule has 0 amide bonds. The third-order valence-electron chi connectivity index (χ3n) is 12.1. The van der Waals surface area contributed by atoms with Crippen LogP contribution in [0.5, 0.6) is 0 Å². The Balaban J connectivity index is 1.54. The van der Waals surface area contributed by atoms with Crippen molar-refractivity contribution in [2.45, 2.75) is 110 Å². The van der Waals surface area contributed by atoms with Crippen LogP contribution in [0.4, 0.5) is 18.0 Å². The Morgan fingerprint density at radius 2 is 1.84 bits per heavy atom. The zero-order chi connectivity index (χ0) is 31.7. The lowest BCUT2D eigenvalue weighted by Gasteiger charge is -2.62. The van der Waals surface area contributed by atoms with E-state index in [2.05, 4.69) is 20.8 Å². The van der Waals surface area contributed by atoms with Crippen LogP contribution >= 0.6 is 0 Å². The number of aliphatic hydroxyl groups excluding tert-OH is 1. The van der Waals surface area contributed by atoms with Gasteiger partial charge in [-0.1, -0.05) is 47.1 Å². The average Bonchev–Trinajstić information content (AvgIpc) is 3.13. The Morgan fingerprint density at radius 1 is 1.14 bits per heavy atom. The second kappa shape index (κ2) is 10.9. The van der Waals surface area contributed by atoms with Gasteiger partial charge in [0.25, 0.3) is 0 Å². The molecule has 0 unspecified atom stereocenters. The Hall–Kier alpha value is -2.36. The summed E-state index contributed by atoms with van der Waals surface area (Å²) >= 11 is 0. The number of fused-ring (bicyclic) bond motifs is 5. The number of ether oxygens (including phenoxy) is 3. The van der Waals surface area contributed by atoms with E-state index in [1.807, 2.05) is 0 Å². The molecule has 43 heavy (non-hydrogen) atoms. The van der Waals surface area contributed by atoms with Crippen LogP contribution in [0.15, 0.2) is 23.6 Å². The van der Waals surface area contributed by atoms with Crippen molar-refractivity contribution in [3.05, 3.63) is 23.6 Å². The molecular weight excluding hydrogens is 565 g/mol. The minimum atomic E-state index is -2.37. The fraction of sp³-hybridized carbons (Fsp3) is 0.788. The highest BCUT2D eigenvalue weighted by Gasteiger charge is 2.78. The highest BCUT2D eigenvalue weighted by Crippen LogP contribution is 2.71. The van der Waals surface area contributed by atoms with E-state index in [9.17, 15) is 23.9 Å². The predicted molar refractivity (Wildman–Crippen MR) is 150 cm³/mol. The highest BCUT2D eigenvalue weighted by atomic mass is 19.1. The van der Waals surface area contributed by atoms with E-state index in [0.717, 1.165) is 12.8 Å². The number of hydrogen-bond acceptors (Lipinski definition) is 7. The molecule has 0 bridgehead atoms. The molecule has 3 saturated carbocycles. The molecular formula is C33H45F3O7. The number of aliphatic hydroxyl groups is 1. The van der Waals surface area contributed by atoms with Crippen LogP contribution in [-0.2, 0) is 23.8 Å². The summed E-state index contributed by atoms with van der Waals surface area (Å²) in [6, 6.07) is 0. The fourth-order valence-electron chi connectivity index (χ4n) is 9.88. The molecule has 0 heterocycles. The van der Waals surface area contributed by atoms with E-state index in [1.165, 1.54) is 19.1 Å². The number of halogens is 3. The molecule has 0 aromatic heterocycles. The van der Waals surface area contributed by atoms with Gasteiger partial charge < -0.3 is 19.3 Å². The number of allylic oxidation sites excluding steroid dienone is 4. The van der Waals surface area contributed by atoms with Crippen LogP contribution in [0, 0.1) is 46.3 Å². The summed E-state index contributed by atoms with van der Waals surface area (Å²) < 4.78 is 63.6. The van der Waals surface area contributed by atoms with Crippen molar-refractivity contribution in [1.29, 1.82) is 0 Å². The Kier molecular flexibility index (Phi) is 8.13. The van der Waals surface area contributed by atoms with Crippen LogP contribution in [0.3, 0.4) is 0 Å². The second-order valence-electron chi connectivity index (χ2n) is 14.6. The van der Waals surface area contributed by atoms with E-state index >= 15 is 8.78 Å². The van der Waals surface area contributed by atoms with Gasteiger partial charge in [-0.25, -0.2) is 22.8 Å². The minimum Gasteiger partial charge on any atom is -0.431 e. The Bertz CT molecular complexity index is 1230. The summed E-state index contributed by atoms with van der Waals surface area (Å²) in [4.78, 5) is 39.5. The standard InChI is InChI=1S/C33H45F3O7/c1-17(2)21-8-7-18(3)11-26(21)42-29(40)43-33(28(39)41-16-34)19(4)12-22-23-14-25(35)24-13-20(37)9-10-30(24,5)32(23,36)27(38)15-31(22,33)6/h9-10,17-19,21-23,26-27,38H,7-8,11-16H2,1-6H3/t18-,19-,21+,22+,23+,26-,27+,30+,31+,32+,33+/m1/s1. The first-order chi connectivity index (χ1) is 20.1. The largest absolute Gasteiger partial charge is 0.509 e. The second-order valence-corrected chi connectivity index (χ2v) is 14.6. The lowest BCUT2D eigenvalue weighted by molar-refractivity contribution is -0.231. The molecule has 0 saturated heterocycles. The van der Waals surface area contributed by atoms with Gasteiger partial charge in [-0.3, -0.25) is 4.79 Å². The van der Waals surface area contributed by atoms with Crippen LogP contribution in [-0.4, -0.2) is 53.4 Å². The monoisotopic (exact) mass is 610 g/mol. The number of carbonyl (C=O) groups is 3. The van der Waals surface area contributed by atoms with Crippen molar-refractivity contribution in [2.75, 3.05) is 6.86 Å². The third-order valence-corrected chi connectivity index (χ3v) is 12.1. The van der Waals surface area contributed by atoms with Gasteiger partial charge in [0.15, 0.2) is 11.5 Å². The maximum absolute atomic E-state index is 17.6. The Morgan fingerprint density at radius 3 is 2.49 bits per heavy atom. The van der Waals surface area contributed by atoms with Gasteiger partial charge in [0, 0.05) is 35.5 Å². The Labute approximate surface area is 251 Å². The van der Waals surface area contributed by atoms with Gasteiger partial charge in [0.05, 0.1) is 6.10 Å². The van der Waals surface area contributed by atoms with Gasteiger partial charge in [-0.05, 0) is 67.9 Å². The van der Waals surface area contributed by atoms with Crippen molar-refractivity contribution in [3.63, 3.8) is 0 Å². The normalized spacial score (nSPS) is 45.7. The van der Waals surface area contributed by atoms with Crippen molar-refractivity contribution < 1.29 is 46.9 Å². The first-order valence-corrected chi connectivity index (χ1v) is 15.7. The van der Waals surface area contributed by atoms with Gasteiger partial charge >= 0.3 is 12.1 Å². The van der Waals surface area contributed by atoms with E-state index in [1.54, 1.807) is 13.8 Å². The number of rotatable bonds is 5. The van der Waals surface area contributed by atoms with Crippen molar-refractivity contribution in [1.82, 2.24) is 0 Å². The van der Waals surface area contributed by atoms with Crippen LogP contribution in [0.2, 0.25) is 0 Å².